The molecule has 0 radical (unpaired) electrons. The predicted octanol–water partition coefficient (Wildman–Crippen LogP) is 3.31. The molecule has 2 N–H and O–H groups in total. The van der Waals surface area contributed by atoms with Crippen LogP contribution in [0, 0.1) is 0 Å². The van der Waals surface area contributed by atoms with Crippen LogP contribution in [0.15, 0.2) is 47.4 Å². The first-order chi connectivity index (χ1) is 13.5. The number of rotatable bonds is 8. The van der Waals surface area contributed by atoms with Crippen molar-refractivity contribution in [1.29, 1.82) is 0 Å². The lowest BCUT2D eigenvalue weighted by Crippen LogP contribution is -2.28. The molecular formula is C21H28N2O5S. The van der Waals surface area contributed by atoms with Crippen LogP contribution in [-0.2, 0) is 20.2 Å². The van der Waals surface area contributed by atoms with E-state index in [9.17, 15) is 13.2 Å². The van der Waals surface area contributed by atoms with Crippen LogP contribution in [0.25, 0.3) is 0 Å². The first-order valence-corrected chi connectivity index (χ1v) is 10.7. The Balaban J connectivity index is 1.97. The number of carbonyl (C=O) groups is 1. The maximum Gasteiger partial charge on any atom is 0.240 e. The summed E-state index contributed by atoms with van der Waals surface area (Å²) < 4.78 is 38.3. The number of nitrogens with one attached hydrogen (secondary N) is 2. The molecule has 0 aromatic heterocycles. The quantitative estimate of drug-likeness (QED) is 0.639. The Morgan fingerprint density at radius 1 is 1.07 bits per heavy atom. The zero-order chi connectivity index (χ0) is 21.7. The third kappa shape index (κ3) is 6.47. The molecule has 0 saturated carbocycles. The minimum Gasteiger partial charge on any atom is -0.495 e. The molecule has 158 valence electrons. The number of amides is 1. The van der Waals surface area contributed by atoms with Crippen molar-refractivity contribution in [3.8, 4) is 11.5 Å². The van der Waals surface area contributed by atoms with E-state index >= 15 is 0 Å². The van der Waals surface area contributed by atoms with Gasteiger partial charge in [-0.2, -0.15) is 0 Å². The molecule has 8 heteroatoms. The fraction of sp³-hybridized carbons (Fsp3) is 0.381. The number of carbonyl (C=O) groups excluding carboxylic acids is 1. The van der Waals surface area contributed by atoms with Crippen molar-refractivity contribution < 1.29 is 22.7 Å². The summed E-state index contributed by atoms with van der Waals surface area (Å²) in [4.78, 5) is 11.3. The Morgan fingerprint density at radius 3 is 2.28 bits per heavy atom. The zero-order valence-electron chi connectivity index (χ0n) is 17.4. The Labute approximate surface area is 172 Å². The van der Waals surface area contributed by atoms with E-state index in [4.69, 9.17) is 9.47 Å². The molecule has 0 unspecified atom stereocenters. The van der Waals surface area contributed by atoms with E-state index in [0.717, 1.165) is 0 Å². The van der Waals surface area contributed by atoms with Crippen molar-refractivity contribution in [2.24, 2.45) is 0 Å². The first-order valence-electron chi connectivity index (χ1n) is 9.21. The van der Waals surface area contributed by atoms with Crippen LogP contribution in [0.4, 0.5) is 5.69 Å². The largest absolute Gasteiger partial charge is 0.495 e. The van der Waals surface area contributed by atoms with Gasteiger partial charge in [0.25, 0.3) is 0 Å². The molecule has 2 rings (SSSR count). The van der Waals surface area contributed by atoms with Gasteiger partial charge in [0.15, 0.2) is 0 Å². The minimum absolute atomic E-state index is 0.0246. The van der Waals surface area contributed by atoms with E-state index in [1.54, 1.807) is 0 Å². The third-order valence-corrected chi connectivity index (χ3v) is 5.63. The number of methoxy groups -OCH3 is 1. The summed E-state index contributed by atoms with van der Waals surface area (Å²) in [6, 6.07) is 12.0. The summed E-state index contributed by atoms with van der Waals surface area (Å²) in [7, 11) is -2.32. The average Bonchev–Trinajstić information content (AvgIpc) is 2.64. The van der Waals surface area contributed by atoms with E-state index < -0.39 is 10.0 Å². The van der Waals surface area contributed by atoms with Crippen molar-refractivity contribution in [2.75, 3.05) is 25.6 Å². The third-order valence-electron chi connectivity index (χ3n) is 4.18. The molecule has 0 aliphatic carbocycles. The summed E-state index contributed by atoms with van der Waals surface area (Å²) in [5.41, 5.74) is 1.54. The van der Waals surface area contributed by atoms with Crippen LogP contribution < -0.4 is 19.5 Å². The van der Waals surface area contributed by atoms with Crippen molar-refractivity contribution in [3.05, 3.63) is 48.0 Å². The lowest BCUT2D eigenvalue weighted by Gasteiger charge is -2.19. The molecule has 29 heavy (non-hydrogen) atoms. The lowest BCUT2D eigenvalue weighted by molar-refractivity contribution is -0.114. The van der Waals surface area contributed by atoms with Gasteiger partial charge in [-0.1, -0.05) is 32.9 Å². The number of hydrogen-bond acceptors (Lipinski definition) is 5. The minimum atomic E-state index is -3.76. The normalized spacial score (nSPS) is 11.8. The molecule has 0 fully saturated rings. The summed E-state index contributed by atoms with van der Waals surface area (Å²) in [5, 5.41) is 2.56. The van der Waals surface area contributed by atoms with Crippen molar-refractivity contribution in [3.63, 3.8) is 0 Å². The monoisotopic (exact) mass is 420 g/mol. The smallest absolute Gasteiger partial charge is 0.240 e. The van der Waals surface area contributed by atoms with E-state index in [0.29, 0.717) is 11.5 Å². The molecule has 0 atom stereocenters. The standard InChI is InChI=1S/C21H28N2O5S/c1-15(24)23-19-14-18(10-11-20(19)27-5)29(25,26)22-12-13-28-17-8-6-16(7-9-17)21(2,3)4/h6-11,14,22H,12-13H2,1-5H3,(H,23,24). The van der Waals surface area contributed by atoms with Gasteiger partial charge in [-0.3, -0.25) is 4.79 Å². The second-order valence-corrected chi connectivity index (χ2v) is 9.33. The van der Waals surface area contributed by atoms with Gasteiger partial charge >= 0.3 is 0 Å². The molecule has 7 nitrogen and oxygen atoms in total. The highest BCUT2D eigenvalue weighted by atomic mass is 32.2. The summed E-state index contributed by atoms with van der Waals surface area (Å²) >= 11 is 0. The Morgan fingerprint density at radius 2 is 1.72 bits per heavy atom. The van der Waals surface area contributed by atoms with Gasteiger partial charge < -0.3 is 14.8 Å². The Bertz CT molecular complexity index is 948. The van der Waals surface area contributed by atoms with Crippen LogP contribution in [0.3, 0.4) is 0 Å². The SMILES string of the molecule is COc1ccc(S(=O)(=O)NCCOc2ccc(C(C)(C)C)cc2)cc1NC(C)=O. The topological polar surface area (TPSA) is 93.7 Å². The average molecular weight is 421 g/mol. The number of sulfonamides is 1. The lowest BCUT2D eigenvalue weighted by atomic mass is 9.87. The first kappa shape index (κ1) is 22.7. The number of hydrogen-bond donors (Lipinski definition) is 2. The van der Waals surface area contributed by atoms with Crippen molar-refractivity contribution in [1.82, 2.24) is 4.72 Å². The number of anilines is 1. The maximum absolute atomic E-state index is 12.5. The van der Waals surface area contributed by atoms with Crippen molar-refractivity contribution in [2.45, 2.75) is 38.0 Å². The van der Waals surface area contributed by atoms with Crippen LogP contribution in [0.1, 0.15) is 33.3 Å². The van der Waals surface area contributed by atoms with Crippen LogP contribution in [0.2, 0.25) is 0 Å². The highest BCUT2D eigenvalue weighted by molar-refractivity contribution is 7.89. The molecule has 1 amide bonds. The van der Waals surface area contributed by atoms with Crippen molar-refractivity contribution >= 4 is 21.6 Å². The zero-order valence-corrected chi connectivity index (χ0v) is 18.2. The fourth-order valence-corrected chi connectivity index (χ4v) is 3.66. The maximum atomic E-state index is 12.5. The molecular weight excluding hydrogens is 392 g/mol. The molecule has 0 spiro atoms. The summed E-state index contributed by atoms with van der Waals surface area (Å²) in [6.07, 6.45) is 0. The fourth-order valence-electron chi connectivity index (χ4n) is 2.62. The van der Waals surface area contributed by atoms with E-state index in [1.165, 1.54) is 37.8 Å². The van der Waals surface area contributed by atoms with Crippen LogP contribution >= 0.6 is 0 Å². The molecule has 0 heterocycles. The van der Waals surface area contributed by atoms with Gasteiger partial charge in [0, 0.05) is 13.5 Å². The second-order valence-electron chi connectivity index (χ2n) is 7.56. The molecule has 0 aliphatic heterocycles. The highest BCUT2D eigenvalue weighted by Gasteiger charge is 2.17. The van der Waals surface area contributed by atoms with Gasteiger partial charge in [0.05, 0.1) is 17.7 Å². The van der Waals surface area contributed by atoms with Gasteiger partial charge in [0.2, 0.25) is 15.9 Å². The molecule has 2 aromatic carbocycles. The summed E-state index contributed by atoms with van der Waals surface area (Å²) in [6.45, 7) is 8.02. The van der Waals surface area contributed by atoms with E-state index in [-0.39, 0.29) is 35.1 Å². The van der Waals surface area contributed by atoms with Gasteiger partial charge in [-0.05, 0) is 41.3 Å². The van der Waals surface area contributed by atoms with Crippen LogP contribution in [0.5, 0.6) is 11.5 Å². The molecule has 0 bridgehead atoms. The highest BCUT2D eigenvalue weighted by Crippen LogP contribution is 2.27. The number of benzene rings is 2. The van der Waals surface area contributed by atoms with Gasteiger partial charge in [-0.25, -0.2) is 13.1 Å². The second kappa shape index (κ2) is 9.28. The molecule has 2 aromatic rings. The molecule has 0 aliphatic rings. The summed E-state index contributed by atoms with van der Waals surface area (Å²) in [5.74, 6) is 0.729. The number of ether oxygens (including phenoxy) is 2. The van der Waals surface area contributed by atoms with E-state index in [1.807, 2.05) is 24.3 Å². The molecule has 0 saturated heterocycles. The predicted molar refractivity (Wildman–Crippen MR) is 113 cm³/mol. The van der Waals surface area contributed by atoms with E-state index in [2.05, 4.69) is 30.8 Å². The van der Waals surface area contributed by atoms with Gasteiger partial charge in [0.1, 0.15) is 18.1 Å². The van der Waals surface area contributed by atoms with Crippen LogP contribution in [-0.4, -0.2) is 34.6 Å². The Kier molecular flexibility index (Phi) is 7.26. The van der Waals surface area contributed by atoms with Gasteiger partial charge in [-0.15, -0.1) is 0 Å². The Hall–Kier alpha value is -2.58.